The molecule has 3 aromatic rings. The number of aromatic amines is 1. The molecule has 0 unspecified atom stereocenters. The number of carbonyl (C=O) groups is 1. The second-order valence-corrected chi connectivity index (χ2v) is 6.67. The molecule has 1 aromatic heterocycles. The average molecular weight is 367 g/mol. The van der Waals surface area contributed by atoms with Gasteiger partial charge in [0.15, 0.2) is 12.1 Å². The Hall–Kier alpha value is -2.99. The molecular weight excluding hydrogens is 344 g/mol. The van der Waals surface area contributed by atoms with Gasteiger partial charge in [-0.05, 0) is 23.8 Å². The lowest BCUT2D eigenvalue weighted by Crippen LogP contribution is -2.94. The summed E-state index contributed by atoms with van der Waals surface area (Å²) in [5, 5.41) is 3.19. The van der Waals surface area contributed by atoms with Crippen molar-refractivity contribution >= 4 is 16.9 Å². The van der Waals surface area contributed by atoms with E-state index in [1.54, 1.807) is 14.2 Å². The number of quaternary nitrogens is 1. The van der Waals surface area contributed by atoms with Crippen LogP contribution in [-0.4, -0.2) is 38.3 Å². The molecular formula is C21H23N2O4+. The SMILES string of the molecule is COC(=O)[C@H]1Cc2c([nH]c3ccccc23)[C@@H](c2ccc(OC)cc2OC)[NH2+]1. The molecule has 140 valence electrons. The van der Waals surface area contributed by atoms with Crippen molar-refractivity contribution < 1.29 is 24.3 Å². The predicted molar refractivity (Wildman–Crippen MR) is 101 cm³/mol. The van der Waals surface area contributed by atoms with E-state index in [9.17, 15) is 4.79 Å². The summed E-state index contributed by atoms with van der Waals surface area (Å²) in [6.45, 7) is 0. The standard InChI is InChI=1S/C21H22N2O4/c1-25-12-8-9-14(18(10-12)26-2)19-20-15(11-17(23-19)21(24)27-3)13-6-4-5-7-16(13)22-20/h4-10,17,19,22-23H,11H2,1-3H3/p+1/t17-,19-/m1/s1. The number of nitrogens with two attached hydrogens (primary N) is 1. The van der Waals surface area contributed by atoms with Crippen molar-refractivity contribution in [3.8, 4) is 11.5 Å². The first-order valence-electron chi connectivity index (χ1n) is 8.90. The topological polar surface area (TPSA) is 77.2 Å². The van der Waals surface area contributed by atoms with Crippen LogP contribution in [0.2, 0.25) is 0 Å². The Kier molecular flexibility index (Phi) is 4.49. The fourth-order valence-electron chi connectivity index (χ4n) is 3.97. The average Bonchev–Trinajstić information content (AvgIpc) is 3.10. The van der Waals surface area contributed by atoms with Crippen LogP contribution in [0.3, 0.4) is 0 Å². The molecule has 0 saturated heterocycles. The number of aromatic nitrogens is 1. The monoisotopic (exact) mass is 367 g/mol. The number of methoxy groups -OCH3 is 3. The van der Waals surface area contributed by atoms with Crippen LogP contribution in [-0.2, 0) is 16.0 Å². The lowest BCUT2D eigenvalue weighted by Gasteiger charge is -2.27. The molecule has 6 heteroatoms. The Morgan fingerprint density at radius 1 is 1.11 bits per heavy atom. The third-order valence-electron chi connectivity index (χ3n) is 5.29. The quantitative estimate of drug-likeness (QED) is 0.691. The number of hydrogen-bond donors (Lipinski definition) is 2. The summed E-state index contributed by atoms with van der Waals surface area (Å²) in [6.07, 6.45) is 0.626. The molecule has 27 heavy (non-hydrogen) atoms. The molecule has 1 aliphatic rings. The number of fused-ring (bicyclic) bond motifs is 3. The highest BCUT2D eigenvalue weighted by Gasteiger charge is 2.39. The lowest BCUT2D eigenvalue weighted by molar-refractivity contribution is -0.712. The highest BCUT2D eigenvalue weighted by atomic mass is 16.5. The second kappa shape index (κ2) is 6.96. The van der Waals surface area contributed by atoms with Gasteiger partial charge in [-0.1, -0.05) is 18.2 Å². The van der Waals surface area contributed by atoms with Gasteiger partial charge in [0.25, 0.3) is 0 Å². The predicted octanol–water partition coefficient (Wildman–Crippen LogP) is 1.94. The fraction of sp³-hybridized carbons (Fsp3) is 0.286. The molecule has 1 aliphatic heterocycles. The zero-order valence-electron chi connectivity index (χ0n) is 15.6. The third-order valence-corrected chi connectivity index (χ3v) is 5.29. The first-order chi connectivity index (χ1) is 13.2. The molecule has 0 radical (unpaired) electrons. The summed E-state index contributed by atoms with van der Waals surface area (Å²) in [5.74, 6) is 1.24. The van der Waals surface area contributed by atoms with Gasteiger partial charge in [0.1, 0.15) is 11.5 Å². The number of para-hydroxylation sites is 1. The van der Waals surface area contributed by atoms with E-state index < -0.39 is 0 Å². The van der Waals surface area contributed by atoms with E-state index in [2.05, 4.69) is 17.1 Å². The number of nitrogens with one attached hydrogen (secondary N) is 1. The van der Waals surface area contributed by atoms with Crippen LogP contribution >= 0.6 is 0 Å². The second-order valence-electron chi connectivity index (χ2n) is 6.67. The number of ether oxygens (including phenoxy) is 3. The van der Waals surface area contributed by atoms with E-state index in [0.29, 0.717) is 6.42 Å². The number of carbonyl (C=O) groups excluding carboxylic acids is 1. The minimum Gasteiger partial charge on any atom is -0.497 e. The van der Waals surface area contributed by atoms with Gasteiger partial charge in [-0.2, -0.15) is 0 Å². The molecule has 0 saturated carbocycles. The van der Waals surface area contributed by atoms with Crippen molar-refractivity contribution in [3.63, 3.8) is 0 Å². The highest BCUT2D eigenvalue weighted by molar-refractivity contribution is 5.86. The summed E-state index contributed by atoms with van der Waals surface area (Å²) >= 11 is 0. The van der Waals surface area contributed by atoms with Crippen LogP contribution in [0.5, 0.6) is 11.5 Å². The van der Waals surface area contributed by atoms with Crippen LogP contribution in [0.25, 0.3) is 10.9 Å². The maximum absolute atomic E-state index is 12.4. The summed E-state index contributed by atoms with van der Waals surface area (Å²) in [6, 6.07) is 13.5. The van der Waals surface area contributed by atoms with Gasteiger partial charge in [-0.15, -0.1) is 0 Å². The summed E-state index contributed by atoms with van der Waals surface area (Å²) < 4.78 is 16.0. The number of H-pyrrole nitrogens is 1. The smallest absolute Gasteiger partial charge is 0.364 e. The zero-order chi connectivity index (χ0) is 19.0. The minimum atomic E-state index is -0.307. The Balaban J connectivity index is 1.88. The fourth-order valence-corrected chi connectivity index (χ4v) is 3.97. The molecule has 0 amide bonds. The summed E-state index contributed by atoms with van der Waals surface area (Å²) in [4.78, 5) is 15.9. The lowest BCUT2D eigenvalue weighted by atomic mass is 9.90. The van der Waals surface area contributed by atoms with E-state index in [-0.39, 0.29) is 18.1 Å². The van der Waals surface area contributed by atoms with Crippen molar-refractivity contribution in [1.29, 1.82) is 0 Å². The maximum Gasteiger partial charge on any atom is 0.364 e. The number of hydrogen-bond acceptors (Lipinski definition) is 4. The van der Waals surface area contributed by atoms with Crippen LogP contribution < -0.4 is 14.8 Å². The van der Waals surface area contributed by atoms with Crippen LogP contribution in [0.1, 0.15) is 22.9 Å². The Morgan fingerprint density at radius 2 is 1.93 bits per heavy atom. The maximum atomic E-state index is 12.4. The summed E-state index contributed by atoms with van der Waals surface area (Å²) in [7, 11) is 4.71. The molecule has 3 N–H and O–H groups in total. The van der Waals surface area contributed by atoms with Gasteiger partial charge in [0.05, 0.1) is 32.6 Å². The summed E-state index contributed by atoms with van der Waals surface area (Å²) in [5.41, 5.74) is 4.31. The van der Waals surface area contributed by atoms with Crippen molar-refractivity contribution in [3.05, 3.63) is 59.3 Å². The van der Waals surface area contributed by atoms with E-state index in [1.165, 1.54) is 7.11 Å². The van der Waals surface area contributed by atoms with Gasteiger partial charge in [-0.25, -0.2) is 4.79 Å². The Morgan fingerprint density at radius 3 is 2.67 bits per heavy atom. The Labute approximate surface area is 157 Å². The molecule has 0 bridgehead atoms. The van der Waals surface area contributed by atoms with Crippen molar-refractivity contribution in [1.82, 2.24) is 4.98 Å². The van der Waals surface area contributed by atoms with E-state index in [4.69, 9.17) is 14.2 Å². The minimum absolute atomic E-state index is 0.105. The number of rotatable bonds is 4. The van der Waals surface area contributed by atoms with Crippen LogP contribution in [0.4, 0.5) is 0 Å². The van der Waals surface area contributed by atoms with Gasteiger partial charge in [0, 0.05) is 23.4 Å². The molecule has 4 rings (SSSR count). The first-order valence-corrected chi connectivity index (χ1v) is 8.90. The highest BCUT2D eigenvalue weighted by Crippen LogP contribution is 2.36. The van der Waals surface area contributed by atoms with Crippen molar-refractivity contribution in [2.75, 3.05) is 21.3 Å². The molecule has 2 aromatic carbocycles. The molecule has 6 nitrogen and oxygen atoms in total. The van der Waals surface area contributed by atoms with Gasteiger partial charge >= 0.3 is 5.97 Å². The molecule has 0 fully saturated rings. The first kappa shape index (κ1) is 17.4. The zero-order valence-corrected chi connectivity index (χ0v) is 15.6. The molecule has 0 spiro atoms. The van der Waals surface area contributed by atoms with Crippen LogP contribution in [0.15, 0.2) is 42.5 Å². The van der Waals surface area contributed by atoms with Gasteiger partial charge < -0.3 is 24.5 Å². The third kappa shape index (κ3) is 2.92. The van der Waals surface area contributed by atoms with E-state index in [0.717, 1.165) is 39.2 Å². The van der Waals surface area contributed by atoms with Crippen molar-refractivity contribution in [2.24, 2.45) is 0 Å². The normalized spacial score (nSPS) is 18.8. The molecule has 0 aliphatic carbocycles. The largest absolute Gasteiger partial charge is 0.497 e. The van der Waals surface area contributed by atoms with Gasteiger partial charge in [0.2, 0.25) is 0 Å². The number of esters is 1. The van der Waals surface area contributed by atoms with E-state index in [1.807, 2.05) is 35.6 Å². The number of benzene rings is 2. The van der Waals surface area contributed by atoms with Crippen LogP contribution in [0, 0.1) is 0 Å². The molecule has 2 heterocycles. The van der Waals surface area contributed by atoms with E-state index >= 15 is 0 Å². The Bertz CT molecular complexity index is 995. The molecule has 2 atom stereocenters. The van der Waals surface area contributed by atoms with Gasteiger partial charge in [-0.3, -0.25) is 0 Å². The van der Waals surface area contributed by atoms with Crippen molar-refractivity contribution in [2.45, 2.75) is 18.5 Å².